The van der Waals surface area contributed by atoms with Gasteiger partial charge in [0.05, 0.1) is 16.7 Å². The Morgan fingerprint density at radius 2 is 2.30 bits per heavy atom. The van der Waals surface area contributed by atoms with Crippen molar-refractivity contribution in [2.24, 2.45) is 0 Å². The van der Waals surface area contributed by atoms with E-state index in [4.69, 9.17) is 5.26 Å². The molecule has 0 aliphatic carbocycles. The number of nitro benzene ring substituents is 1. The highest BCUT2D eigenvalue weighted by atomic mass is 127. The molecule has 8 nitrogen and oxygen atoms in total. The third-order valence-corrected chi connectivity index (χ3v) is 3.34. The minimum absolute atomic E-state index is 0.151. The van der Waals surface area contributed by atoms with E-state index in [9.17, 15) is 14.9 Å². The highest BCUT2D eigenvalue weighted by Gasteiger charge is 2.17. The van der Waals surface area contributed by atoms with Crippen molar-refractivity contribution >= 4 is 40.0 Å². The first-order chi connectivity index (χ1) is 9.52. The fourth-order valence-electron chi connectivity index (χ4n) is 1.45. The van der Waals surface area contributed by atoms with Gasteiger partial charge in [0, 0.05) is 15.7 Å². The SMILES string of the molecule is N#Cc1cn[nH]c1NC(=O)c1cc([N+](=O)[O-])ccc1I. The number of amides is 1. The van der Waals surface area contributed by atoms with Gasteiger partial charge in [0.2, 0.25) is 0 Å². The van der Waals surface area contributed by atoms with Crippen LogP contribution in [-0.2, 0) is 0 Å². The molecule has 0 unspecified atom stereocenters. The molecule has 2 N–H and O–H groups in total. The van der Waals surface area contributed by atoms with Crippen LogP contribution in [0.25, 0.3) is 0 Å². The zero-order valence-electron chi connectivity index (χ0n) is 9.75. The molecule has 1 aromatic carbocycles. The number of rotatable bonds is 3. The van der Waals surface area contributed by atoms with Gasteiger partial charge in [0.25, 0.3) is 11.6 Å². The Kier molecular flexibility index (Phi) is 3.94. The van der Waals surface area contributed by atoms with Crippen molar-refractivity contribution in [2.75, 3.05) is 5.32 Å². The van der Waals surface area contributed by atoms with Gasteiger partial charge in [-0.15, -0.1) is 0 Å². The van der Waals surface area contributed by atoms with Crippen molar-refractivity contribution in [2.45, 2.75) is 0 Å². The van der Waals surface area contributed by atoms with Crippen LogP contribution in [0.3, 0.4) is 0 Å². The number of nitrogens with one attached hydrogen (secondary N) is 2. The summed E-state index contributed by atoms with van der Waals surface area (Å²) < 4.78 is 0.559. The molecule has 0 aliphatic rings. The Hall–Kier alpha value is -2.48. The standard InChI is InChI=1S/C11H6IN5O3/c12-9-2-1-7(17(19)20)3-8(9)11(18)15-10-6(4-13)5-14-16-10/h1-3,5H,(H2,14,15,16,18). The first-order valence-electron chi connectivity index (χ1n) is 5.21. The number of carbonyl (C=O) groups is 1. The second-order valence-corrected chi connectivity index (χ2v) is 4.81. The summed E-state index contributed by atoms with van der Waals surface area (Å²) in [4.78, 5) is 22.2. The average Bonchev–Trinajstić information content (AvgIpc) is 2.86. The minimum Gasteiger partial charge on any atom is -0.306 e. The van der Waals surface area contributed by atoms with E-state index in [0.717, 1.165) is 0 Å². The number of benzene rings is 1. The number of nitriles is 1. The van der Waals surface area contributed by atoms with Crippen molar-refractivity contribution in [1.29, 1.82) is 5.26 Å². The summed E-state index contributed by atoms with van der Waals surface area (Å²) in [7, 11) is 0. The molecule has 0 fully saturated rings. The molecular formula is C11H6IN5O3. The number of nitrogens with zero attached hydrogens (tertiary/aromatic N) is 3. The Balaban J connectivity index is 2.32. The number of nitro groups is 1. The number of hydrogen-bond donors (Lipinski definition) is 2. The minimum atomic E-state index is -0.580. The lowest BCUT2D eigenvalue weighted by Crippen LogP contribution is -2.14. The van der Waals surface area contributed by atoms with Gasteiger partial charge in [-0.25, -0.2) is 0 Å². The lowest BCUT2D eigenvalue weighted by molar-refractivity contribution is -0.384. The third-order valence-electron chi connectivity index (χ3n) is 2.40. The molecule has 1 amide bonds. The summed E-state index contributed by atoms with van der Waals surface area (Å²) in [6.45, 7) is 0. The molecule has 0 saturated heterocycles. The van der Waals surface area contributed by atoms with Crippen LogP contribution in [0, 0.1) is 25.0 Å². The number of aromatic amines is 1. The maximum absolute atomic E-state index is 12.1. The quantitative estimate of drug-likeness (QED) is 0.477. The molecule has 1 aromatic heterocycles. The van der Waals surface area contributed by atoms with E-state index in [1.54, 1.807) is 0 Å². The number of carbonyl (C=O) groups excluding carboxylic acids is 1. The van der Waals surface area contributed by atoms with Gasteiger partial charge in [-0.2, -0.15) is 10.4 Å². The Labute approximate surface area is 126 Å². The third kappa shape index (κ3) is 2.75. The van der Waals surface area contributed by atoms with Crippen LogP contribution in [-0.4, -0.2) is 21.0 Å². The molecule has 0 bridgehead atoms. The molecule has 0 aliphatic heterocycles. The van der Waals surface area contributed by atoms with Crippen LogP contribution < -0.4 is 5.32 Å². The Morgan fingerprint density at radius 1 is 1.55 bits per heavy atom. The molecule has 0 atom stereocenters. The zero-order chi connectivity index (χ0) is 14.7. The van der Waals surface area contributed by atoms with Gasteiger partial charge >= 0.3 is 0 Å². The lowest BCUT2D eigenvalue weighted by Gasteiger charge is -2.05. The molecule has 0 saturated carbocycles. The molecule has 100 valence electrons. The van der Waals surface area contributed by atoms with Crippen LogP contribution in [0.4, 0.5) is 11.5 Å². The number of anilines is 1. The number of aromatic nitrogens is 2. The van der Waals surface area contributed by atoms with Crippen LogP contribution in [0.1, 0.15) is 15.9 Å². The summed E-state index contributed by atoms with van der Waals surface area (Å²) >= 11 is 1.90. The summed E-state index contributed by atoms with van der Waals surface area (Å²) in [5, 5.41) is 28.1. The highest BCUT2D eigenvalue weighted by molar-refractivity contribution is 14.1. The molecule has 20 heavy (non-hydrogen) atoms. The van der Waals surface area contributed by atoms with Crippen molar-refractivity contribution in [3.05, 3.63) is 49.2 Å². The Morgan fingerprint density at radius 3 is 2.95 bits per heavy atom. The van der Waals surface area contributed by atoms with Crippen molar-refractivity contribution < 1.29 is 9.72 Å². The second-order valence-electron chi connectivity index (χ2n) is 3.65. The van der Waals surface area contributed by atoms with Crippen LogP contribution in [0.15, 0.2) is 24.4 Å². The number of hydrogen-bond acceptors (Lipinski definition) is 5. The van der Waals surface area contributed by atoms with E-state index in [0.29, 0.717) is 3.57 Å². The largest absolute Gasteiger partial charge is 0.306 e. The lowest BCUT2D eigenvalue weighted by atomic mass is 10.2. The first-order valence-corrected chi connectivity index (χ1v) is 6.29. The van der Waals surface area contributed by atoms with E-state index in [1.165, 1.54) is 24.4 Å². The maximum atomic E-state index is 12.1. The highest BCUT2D eigenvalue weighted by Crippen LogP contribution is 2.21. The van der Waals surface area contributed by atoms with Gasteiger partial charge in [0.15, 0.2) is 0 Å². The van der Waals surface area contributed by atoms with Gasteiger partial charge < -0.3 is 5.32 Å². The molecular weight excluding hydrogens is 377 g/mol. The molecule has 0 spiro atoms. The number of H-pyrrole nitrogens is 1. The van der Waals surface area contributed by atoms with Gasteiger partial charge in [-0.05, 0) is 28.7 Å². The van der Waals surface area contributed by atoms with E-state index in [-0.39, 0.29) is 22.6 Å². The average molecular weight is 383 g/mol. The van der Waals surface area contributed by atoms with E-state index < -0.39 is 10.8 Å². The second kappa shape index (κ2) is 5.66. The van der Waals surface area contributed by atoms with Gasteiger partial charge in [-0.3, -0.25) is 20.0 Å². The van der Waals surface area contributed by atoms with E-state index in [1.807, 2.05) is 28.7 Å². The topological polar surface area (TPSA) is 125 Å². The van der Waals surface area contributed by atoms with Crippen LogP contribution in [0.2, 0.25) is 0 Å². The van der Waals surface area contributed by atoms with Gasteiger partial charge in [0.1, 0.15) is 17.5 Å². The van der Waals surface area contributed by atoms with Crippen LogP contribution >= 0.6 is 22.6 Å². The van der Waals surface area contributed by atoms with E-state index in [2.05, 4.69) is 15.5 Å². The van der Waals surface area contributed by atoms with Crippen molar-refractivity contribution in [3.8, 4) is 6.07 Å². The fraction of sp³-hybridized carbons (Fsp3) is 0. The number of halogens is 1. The molecule has 9 heteroatoms. The first kappa shape index (κ1) is 13.9. The summed E-state index contributed by atoms with van der Waals surface area (Å²) in [6, 6.07) is 5.83. The molecule has 1 heterocycles. The maximum Gasteiger partial charge on any atom is 0.270 e. The fourth-order valence-corrected chi connectivity index (χ4v) is 2.03. The monoisotopic (exact) mass is 383 g/mol. The smallest absolute Gasteiger partial charge is 0.270 e. The number of non-ortho nitro benzene ring substituents is 1. The van der Waals surface area contributed by atoms with Crippen molar-refractivity contribution in [1.82, 2.24) is 10.2 Å². The van der Waals surface area contributed by atoms with Crippen LogP contribution in [0.5, 0.6) is 0 Å². The van der Waals surface area contributed by atoms with Crippen molar-refractivity contribution in [3.63, 3.8) is 0 Å². The predicted octanol–water partition coefficient (Wildman–Crippen LogP) is 2.05. The molecule has 2 rings (SSSR count). The predicted molar refractivity (Wildman–Crippen MR) is 77.1 cm³/mol. The Bertz CT molecular complexity index is 734. The summed E-state index contributed by atoms with van der Waals surface area (Å²) in [5.41, 5.74) is 0.151. The normalized spacial score (nSPS) is 9.80. The zero-order valence-corrected chi connectivity index (χ0v) is 11.9. The van der Waals surface area contributed by atoms with E-state index >= 15 is 0 Å². The molecule has 0 radical (unpaired) electrons. The molecule has 2 aromatic rings. The summed E-state index contributed by atoms with van der Waals surface area (Å²) in [6.07, 6.45) is 1.27. The van der Waals surface area contributed by atoms with Gasteiger partial charge in [-0.1, -0.05) is 0 Å². The summed E-state index contributed by atoms with van der Waals surface area (Å²) in [5.74, 6) is -0.404.